The zero-order chi connectivity index (χ0) is 20.1. The highest BCUT2D eigenvalue weighted by molar-refractivity contribution is 9.11. The van der Waals surface area contributed by atoms with Gasteiger partial charge in [0.05, 0.1) is 15.6 Å². The number of ether oxygens (including phenoxy) is 1. The first-order chi connectivity index (χ1) is 13.0. The summed E-state index contributed by atoms with van der Waals surface area (Å²) in [5.74, 6) is 0.309. The van der Waals surface area contributed by atoms with Crippen molar-refractivity contribution in [1.29, 1.82) is 0 Å². The molecule has 0 aromatic heterocycles. The molecule has 0 aliphatic carbocycles. The van der Waals surface area contributed by atoms with Crippen LogP contribution in [-0.2, 0) is 11.2 Å². The Bertz CT molecular complexity index is 604. The molecule has 0 saturated heterocycles. The summed E-state index contributed by atoms with van der Waals surface area (Å²) in [6.45, 7) is 2.31. The molecule has 0 saturated carbocycles. The molecule has 0 bridgehead atoms. The van der Waals surface area contributed by atoms with Crippen LogP contribution in [0.1, 0.15) is 37.7 Å². The maximum atomic E-state index is 12.2. The van der Waals surface area contributed by atoms with E-state index in [4.69, 9.17) is 16.2 Å². The summed E-state index contributed by atoms with van der Waals surface area (Å²) in [7, 11) is 0. The predicted octanol–water partition coefficient (Wildman–Crippen LogP) is 2.95. The summed E-state index contributed by atoms with van der Waals surface area (Å²) in [6, 6.07) is 3.68. The maximum absolute atomic E-state index is 12.2. The van der Waals surface area contributed by atoms with Gasteiger partial charge in [-0.3, -0.25) is 4.79 Å². The van der Waals surface area contributed by atoms with E-state index < -0.39 is 0 Å². The number of nitrogens with one attached hydrogen (secondary N) is 1. The number of nitrogens with two attached hydrogens (primary N) is 2. The molecule has 0 radical (unpaired) electrons. The summed E-state index contributed by atoms with van der Waals surface area (Å²) in [5, 5.41) is 15.2. The van der Waals surface area contributed by atoms with Gasteiger partial charge in [-0.1, -0.05) is 18.0 Å². The van der Waals surface area contributed by atoms with E-state index in [0.29, 0.717) is 32.0 Å². The van der Waals surface area contributed by atoms with E-state index >= 15 is 0 Å². The lowest BCUT2D eigenvalue weighted by atomic mass is 10.1. The van der Waals surface area contributed by atoms with Gasteiger partial charge in [-0.05, 0) is 81.9 Å². The van der Waals surface area contributed by atoms with Crippen LogP contribution in [0.4, 0.5) is 0 Å². The minimum absolute atomic E-state index is 0.0626. The van der Waals surface area contributed by atoms with Crippen molar-refractivity contribution in [2.45, 2.75) is 38.5 Å². The van der Waals surface area contributed by atoms with Crippen molar-refractivity contribution < 1.29 is 14.7 Å². The van der Waals surface area contributed by atoms with Crippen LogP contribution in [0.3, 0.4) is 0 Å². The molecule has 0 aliphatic rings. The Hall–Kier alpha value is -1.16. The molecule has 7 nitrogen and oxygen atoms in total. The van der Waals surface area contributed by atoms with Crippen LogP contribution in [0.5, 0.6) is 5.75 Å². The van der Waals surface area contributed by atoms with Gasteiger partial charge in [-0.25, -0.2) is 0 Å². The van der Waals surface area contributed by atoms with Crippen molar-refractivity contribution in [1.82, 2.24) is 5.32 Å². The Morgan fingerprint density at radius 3 is 2.30 bits per heavy atom. The molecule has 1 aromatic carbocycles. The molecule has 1 amide bonds. The fourth-order valence-corrected chi connectivity index (χ4v) is 3.90. The lowest BCUT2D eigenvalue weighted by Gasteiger charge is -2.12. The van der Waals surface area contributed by atoms with E-state index in [0.717, 1.165) is 46.6 Å². The Labute approximate surface area is 177 Å². The van der Waals surface area contributed by atoms with E-state index in [2.05, 4.69) is 42.3 Å². The maximum Gasteiger partial charge on any atom is 0.269 e. The molecule has 6 N–H and O–H groups in total. The number of hydrogen-bond acceptors (Lipinski definition) is 6. The molecular formula is C18H28Br2N4O3. The molecule has 0 unspecified atom stereocenters. The molecule has 1 aromatic rings. The van der Waals surface area contributed by atoms with Gasteiger partial charge < -0.3 is 26.7 Å². The Morgan fingerprint density at radius 1 is 1.07 bits per heavy atom. The molecule has 0 heterocycles. The second-order valence-corrected chi connectivity index (χ2v) is 7.77. The number of benzene rings is 1. The van der Waals surface area contributed by atoms with Gasteiger partial charge in [0, 0.05) is 13.0 Å². The van der Waals surface area contributed by atoms with Crippen molar-refractivity contribution in [3.63, 3.8) is 0 Å². The zero-order valence-electron chi connectivity index (χ0n) is 15.3. The van der Waals surface area contributed by atoms with E-state index in [1.54, 1.807) is 0 Å². The van der Waals surface area contributed by atoms with Gasteiger partial charge in [-0.15, -0.1) is 0 Å². The topological polar surface area (TPSA) is 123 Å². The van der Waals surface area contributed by atoms with Crippen LogP contribution >= 0.6 is 31.9 Å². The van der Waals surface area contributed by atoms with Crippen molar-refractivity contribution >= 4 is 43.5 Å². The van der Waals surface area contributed by atoms with Crippen LogP contribution in [0, 0.1) is 0 Å². The Balaban J connectivity index is 2.60. The van der Waals surface area contributed by atoms with Gasteiger partial charge in [0.2, 0.25) is 0 Å². The van der Waals surface area contributed by atoms with Gasteiger partial charge in [0.15, 0.2) is 0 Å². The number of carbonyl (C=O) groups is 1. The molecule has 0 fully saturated rings. The van der Waals surface area contributed by atoms with E-state index in [1.807, 2.05) is 12.1 Å². The zero-order valence-corrected chi connectivity index (χ0v) is 18.5. The van der Waals surface area contributed by atoms with Gasteiger partial charge in [0.1, 0.15) is 11.5 Å². The van der Waals surface area contributed by atoms with Crippen LogP contribution in [-0.4, -0.2) is 43.1 Å². The number of rotatable bonds is 13. The van der Waals surface area contributed by atoms with E-state index in [1.165, 1.54) is 0 Å². The minimum atomic E-state index is -0.369. The monoisotopic (exact) mass is 506 g/mol. The summed E-state index contributed by atoms with van der Waals surface area (Å²) < 4.78 is 7.20. The molecule has 0 atom stereocenters. The Kier molecular flexibility index (Phi) is 12.3. The minimum Gasteiger partial charge on any atom is -0.491 e. The molecule has 1 rings (SSSR count). The van der Waals surface area contributed by atoms with Crippen LogP contribution in [0.15, 0.2) is 26.2 Å². The third-order valence-electron chi connectivity index (χ3n) is 3.82. The second kappa shape index (κ2) is 13.9. The average Bonchev–Trinajstić information content (AvgIpc) is 2.64. The van der Waals surface area contributed by atoms with Gasteiger partial charge in [0.25, 0.3) is 5.91 Å². The summed E-state index contributed by atoms with van der Waals surface area (Å²) in [6.07, 6.45) is 4.89. The lowest BCUT2D eigenvalue weighted by Crippen LogP contribution is -2.33. The van der Waals surface area contributed by atoms with Crippen molar-refractivity contribution in [2.24, 2.45) is 16.6 Å². The van der Waals surface area contributed by atoms with Crippen LogP contribution < -0.4 is 21.5 Å². The fourth-order valence-electron chi connectivity index (χ4n) is 2.39. The summed E-state index contributed by atoms with van der Waals surface area (Å²) in [4.78, 5) is 12.2. The highest BCUT2D eigenvalue weighted by atomic mass is 79.9. The quantitative estimate of drug-likeness (QED) is 0.141. The third-order valence-corrected chi connectivity index (χ3v) is 5.00. The van der Waals surface area contributed by atoms with Gasteiger partial charge >= 0.3 is 0 Å². The smallest absolute Gasteiger partial charge is 0.269 e. The SMILES string of the molecule is NCCCCCCNC(=O)C(Cc1cc(Br)c(OCCCN)c(Br)c1)=NO. The number of unbranched alkanes of at least 4 members (excludes halogenated alkanes) is 3. The largest absolute Gasteiger partial charge is 0.491 e. The van der Waals surface area contributed by atoms with E-state index in [-0.39, 0.29) is 18.0 Å². The molecular weight excluding hydrogens is 480 g/mol. The molecule has 0 aliphatic heterocycles. The predicted molar refractivity (Wildman–Crippen MR) is 114 cm³/mol. The Morgan fingerprint density at radius 2 is 1.70 bits per heavy atom. The highest BCUT2D eigenvalue weighted by Crippen LogP contribution is 2.35. The number of oxime groups is 1. The number of hydrogen-bond donors (Lipinski definition) is 4. The van der Waals surface area contributed by atoms with Crippen molar-refractivity contribution in [2.75, 3.05) is 26.2 Å². The molecule has 9 heteroatoms. The highest BCUT2D eigenvalue weighted by Gasteiger charge is 2.15. The first-order valence-corrected chi connectivity index (χ1v) is 10.6. The molecule has 27 heavy (non-hydrogen) atoms. The van der Waals surface area contributed by atoms with Crippen LogP contribution in [0.2, 0.25) is 0 Å². The fraction of sp³-hybridized carbons (Fsp3) is 0.556. The number of halogens is 2. The summed E-state index contributed by atoms with van der Waals surface area (Å²) >= 11 is 6.95. The van der Waals surface area contributed by atoms with Crippen molar-refractivity contribution in [3.8, 4) is 5.75 Å². The molecule has 152 valence electrons. The summed E-state index contributed by atoms with van der Waals surface area (Å²) in [5.41, 5.74) is 11.8. The van der Waals surface area contributed by atoms with Crippen LogP contribution in [0.25, 0.3) is 0 Å². The number of carbonyl (C=O) groups excluding carboxylic acids is 1. The first kappa shape index (κ1) is 23.9. The van der Waals surface area contributed by atoms with Gasteiger partial charge in [-0.2, -0.15) is 0 Å². The van der Waals surface area contributed by atoms with Crippen molar-refractivity contribution in [3.05, 3.63) is 26.6 Å². The standard InChI is InChI=1S/C18H28Br2N4O3/c19-14-10-13(11-15(20)17(14)27-9-5-7-22)12-16(24-26)18(25)23-8-4-2-1-3-6-21/h10-11,26H,1-9,12,21-22H2,(H,23,25). The third kappa shape index (κ3) is 9.05. The first-order valence-electron chi connectivity index (χ1n) is 9.03. The molecule has 0 spiro atoms. The number of amides is 1. The van der Waals surface area contributed by atoms with E-state index in [9.17, 15) is 10.0 Å². The average molecular weight is 508 g/mol. The number of nitrogens with zero attached hydrogens (tertiary/aromatic N) is 1. The second-order valence-electron chi connectivity index (χ2n) is 6.06. The lowest BCUT2D eigenvalue weighted by molar-refractivity contribution is -0.115. The normalized spacial score (nSPS) is 11.5.